The molecule has 1 atom stereocenters. The number of hydrogen-bond donors (Lipinski definition) is 1. The smallest absolute Gasteiger partial charge is 0.241 e. The molecule has 1 aromatic carbocycles. The van der Waals surface area contributed by atoms with Gasteiger partial charge >= 0.3 is 0 Å². The van der Waals surface area contributed by atoms with Crippen LogP contribution in [0.1, 0.15) is 13.8 Å². The highest BCUT2D eigenvalue weighted by Crippen LogP contribution is 2.27. The number of carbonyl (C=O) groups is 1. The van der Waals surface area contributed by atoms with Crippen molar-refractivity contribution >= 4 is 11.6 Å². The van der Waals surface area contributed by atoms with Gasteiger partial charge in [-0.25, -0.2) is 4.39 Å². The lowest BCUT2D eigenvalue weighted by atomic mass is 9.88. The van der Waals surface area contributed by atoms with Gasteiger partial charge in [-0.15, -0.1) is 0 Å². The zero-order valence-corrected chi connectivity index (χ0v) is 12.1. The van der Waals surface area contributed by atoms with E-state index in [0.717, 1.165) is 19.8 Å². The predicted octanol–water partition coefficient (Wildman–Crippen LogP) is 2.12. The topological polar surface area (TPSA) is 41.6 Å². The summed E-state index contributed by atoms with van der Waals surface area (Å²) in [6.45, 7) is 6.30. The van der Waals surface area contributed by atoms with Crippen molar-refractivity contribution in [1.82, 2.24) is 4.90 Å². The first-order valence-electron chi connectivity index (χ1n) is 6.74. The van der Waals surface area contributed by atoms with Crippen LogP contribution in [0.3, 0.4) is 0 Å². The van der Waals surface area contributed by atoms with Crippen LogP contribution in [-0.4, -0.2) is 43.7 Å². The zero-order valence-electron chi connectivity index (χ0n) is 12.1. The normalized spacial score (nSPS) is 18.4. The summed E-state index contributed by atoms with van der Waals surface area (Å²) in [5, 5.41) is 2.79. The molecule has 110 valence electrons. The Morgan fingerprint density at radius 3 is 2.55 bits per heavy atom. The summed E-state index contributed by atoms with van der Waals surface area (Å²) < 4.78 is 18.0. The van der Waals surface area contributed by atoms with E-state index in [0.29, 0.717) is 5.69 Å². The number of anilines is 1. The number of rotatable bonds is 5. The fourth-order valence-corrected chi connectivity index (χ4v) is 2.26. The quantitative estimate of drug-likeness (QED) is 0.898. The standard InChI is InChI=1S/C15H21FN2O2/c1-11(18(3)8-15(2)9-20-10-15)14(19)17-13-6-4-12(16)5-7-13/h4-7,11H,8-10H2,1-3H3,(H,17,19). The average molecular weight is 280 g/mol. The first-order chi connectivity index (χ1) is 9.39. The number of carbonyl (C=O) groups excluding carboxylic acids is 1. The van der Waals surface area contributed by atoms with E-state index in [1.165, 1.54) is 12.1 Å². The molecule has 1 aliphatic rings. The van der Waals surface area contributed by atoms with Crippen molar-refractivity contribution in [2.24, 2.45) is 5.41 Å². The third-order valence-electron chi connectivity index (χ3n) is 3.68. The van der Waals surface area contributed by atoms with E-state index in [9.17, 15) is 9.18 Å². The molecular formula is C15H21FN2O2. The molecule has 1 saturated heterocycles. The number of nitrogens with one attached hydrogen (secondary N) is 1. The molecular weight excluding hydrogens is 259 g/mol. The van der Waals surface area contributed by atoms with Gasteiger partial charge < -0.3 is 10.1 Å². The molecule has 0 aliphatic carbocycles. The lowest BCUT2D eigenvalue weighted by molar-refractivity contribution is -0.129. The van der Waals surface area contributed by atoms with Crippen LogP contribution in [0.4, 0.5) is 10.1 Å². The van der Waals surface area contributed by atoms with Crippen molar-refractivity contribution in [2.45, 2.75) is 19.9 Å². The lowest BCUT2D eigenvalue weighted by Crippen LogP contribution is -2.51. The molecule has 0 saturated carbocycles. The molecule has 5 heteroatoms. The molecule has 20 heavy (non-hydrogen) atoms. The highest BCUT2D eigenvalue weighted by Gasteiger charge is 2.36. The van der Waals surface area contributed by atoms with Crippen LogP contribution in [0.15, 0.2) is 24.3 Å². The summed E-state index contributed by atoms with van der Waals surface area (Å²) in [7, 11) is 1.93. The van der Waals surface area contributed by atoms with Crippen LogP contribution in [0.25, 0.3) is 0 Å². The number of amides is 1. The summed E-state index contributed by atoms with van der Waals surface area (Å²) in [5.74, 6) is -0.408. The van der Waals surface area contributed by atoms with E-state index in [4.69, 9.17) is 4.74 Å². The van der Waals surface area contributed by atoms with Gasteiger partial charge in [0.15, 0.2) is 0 Å². The molecule has 1 fully saturated rings. The molecule has 1 aliphatic heterocycles. The minimum Gasteiger partial charge on any atom is -0.380 e. The van der Waals surface area contributed by atoms with Crippen molar-refractivity contribution < 1.29 is 13.9 Å². The van der Waals surface area contributed by atoms with Crippen molar-refractivity contribution in [3.8, 4) is 0 Å². The van der Waals surface area contributed by atoms with Crippen molar-refractivity contribution in [3.05, 3.63) is 30.1 Å². The number of benzene rings is 1. The number of halogens is 1. The summed E-state index contributed by atoms with van der Waals surface area (Å²) in [4.78, 5) is 14.2. The SMILES string of the molecule is CC(C(=O)Nc1ccc(F)cc1)N(C)CC1(C)COC1. The number of ether oxygens (including phenoxy) is 1. The van der Waals surface area contributed by atoms with Gasteiger partial charge in [-0.05, 0) is 38.2 Å². The van der Waals surface area contributed by atoms with Gasteiger partial charge in [0, 0.05) is 17.6 Å². The van der Waals surface area contributed by atoms with Gasteiger partial charge in [0.25, 0.3) is 0 Å². The third-order valence-corrected chi connectivity index (χ3v) is 3.68. The molecule has 1 amide bonds. The monoisotopic (exact) mass is 280 g/mol. The average Bonchev–Trinajstić information content (AvgIpc) is 2.38. The molecule has 1 unspecified atom stereocenters. The number of hydrogen-bond acceptors (Lipinski definition) is 3. The Kier molecular flexibility index (Phi) is 4.40. The van der Waals surface area contributed by atoms with E-state index >= 15 is 0 Å². The van der Waals surface area contributed by atoms with Crippen molar-refractivity contribution in [2.75, 3.05) is 32.1 Å². The molecule has 1 N–H and O–H groups in total. The maximum atomic E-state index is 12.8. The maximum absolute atomic E-state index is 12.8. The van der Waals surface area contributed by atoms with Gasteiger partial charge in [-0.2, -0.15) is 0 Å². The first-order valence-corrected chi connectivity index (χ1v) is 6.74. The molecule has 2 rings (SSSR count). The van der Waals surface area contributed by atoms with E-state index in [2.05, 4.69) is 12.2 Å². The van der Waals surface area contributed by atoms with Crippen LogP contribution in [0, 0.1) is 11.2 Å². The van der Waals surface area contributed by atoms with Gasteiger partial charge in [0.2, 0.25) is 5.91 Å². The number of nitrogens with zero attached hydrogens (tertiary/aromatic N) is 1. The highest BCUT2D eigenvalue weighted by atomic mass is 19.1. The maximum Gasteiger partial charge on any atom is 0.241 e. The van der Waals surface area contributed by atoms with Gasteiger partial charge in [-0.3, -0.25) is 9.69 Å². The lowest BCUT2D eigenvalue weighted by Gasteiger charge is -2.42. The second-order valence-corrected chi connectivity index (χ2v) is 5.89. The molecule has 0 aromatic heterocycles. The summed E-state index contributed by atoms with van der Waals surface area (Å²) >= 11 is 0. The zero-order chi connectivity index (χ0) is 14.8. The fraction of sp³-hybridized carbons (Fsp3) is 0.533. The summed E-state index contributed by atoms with van der Waals surface area (Å²) in [6, 6.07) is 5.52. The second-order valence-electron chi connectivity index (χ2n) is 5.89. The van der Waals surface area contributed by atoms with Crippen molar-refractivity contribution in [1.29, 1.82) is 0 Å². The van der Waals surface area contributed by atoms with E-state index < -0.39 is 0 Å². The number of likely N-dealkylation sites (N-methyl/N-ethyl adjacent to an activating group) is 1. The molecule has 0 spiro atoms. The first kappa shape index (κ1) is 14.9. The fourth-order valence-electron chi connectivity index (χ4n) is 2.26. The van der Waals surface area contributed by atoms with Gasteiger partial charge in [-0.1, -0.05) is 6.92 Å². The van der Waals surface area contributed by atoms with E-state index in [1.807, 2.05) is 18.9 Å². The van der Waals surface area contributed by atoms with Crippen LogP contribution in [-0.2, 0) is 9.53 Å². The molecule has 1 heterocycles. The Bertz CT molecular complexity index is 471. The van der Waals surface area contributed by atoms with E-state index in [1.54, 1.807) is 12.1 Å². The largest absolute Gasteiger partial charge is 0.380 e. The van der Waals surface area contributed by atoms with Crippen LogP contribution >= 0.6 is 0 Å². The Morgan fingerprint density at radius 2 is 2.05 bits per heavy atom. The Labute approximate surface area is 118 Å². The molecule has 1 aromatic rings. The van der Waals surface area contributed by atoms with Crippen molar-refractivity contribution in [3.63, 3.8) is 0 Å². The van der Waals surface area contributed by atoms with Crippen LogP contribution in [0.2, 0.25) is 0 Å². The van der Waals surface area contributed by atoms with E-state index in [-0.39, 0.29) is 23.2 Å². The third kappa shape index (κ3) is 3.55. The highest BCUT2D eigenvalue weighted by molar-refractivity contribution is 5.94. The Morgan fingerprint density at radius 1 is 1.45 bits per heavy atom. The summed E-state index contributed by atoms with van der Waals surface area (Å²) in [5.41, 5.74) is 0.744. The van der Waals surface area contributed by atoms with Crippen LogP contribution in [0.5, 0.6) is 0 Å². The van der Waals surface area contributed by atoms with Crippen LogP contribution < -0.4 is 5.32 Å². The minimum atomic E-state index is -0.314. The second kappa shape index (κ2) is 5.89. The van der Waals surface area contributed by atoms with Gasteiger partial charge in [0.05, 0.1) is 19.3 Å². The minimum absolute atomic E-state index is 0.0945. The molecule has 4 nitrogen and oxygen atoms in total. The Hall–Kier alpha value is -1.46. The molecule has 0 bridgehead atoms. The molecule has 0 radical (unpaired) electrons. The Balaban J connectivity index is 1.89. The predicted molar refractivity (Wildman–Crippen MR) is 76.0 cm³/mol. The van der Waals surface area contributed by atoms with Gasteiger partial charge in [0.1, 0.15) is 5.82 Å². The summed E-state index contributed by atoms with van der Waals surface area (Å²) in [6.07, 6.45) is 0.